The van der Waals surface area contributed by atoms with E-state index in [4.69, 9.17) is 18.6 Å². The Bertz CT molecular complexity index is 1150. The molecular formula is C23H18O5. The molecule has 0 atom stereocenters. The molecule has 0 spiro atoms. The van der Waals surface area contributed by atoms with Crippen LogP contribution in [0, 0.1) is 0 Å². The second-order valence-electron chi connectivity index (χ2n) is 6.14. The number of hydrogen-bond donors (Lipinski definition) is 0. The van der Waals surface area contributed by atoms with Gasteiger partial charge in [-0.1, -0.05) is 36.4 Å². The Hall–Kier alpha value is -3.73. The zero-order valence-corrected chi connectivity index (χ0v) is 15.3. The van der Waals surface area contributed by atoms with E-state index in [1.165, 1.54) is 6.26 Å². The van der Waals surface area contributed by atoms with Crippen molar-refractivity contribution >= 4 is 11.0 Å². The lowest BCUT2D eigenvalue weighted by atomic mass is 10.2. The number of methoxy groups -OCH3 is 1. The van der Waals surface area contributed by atoms with Crippen LogP contribution in [0.5, 0.6) is 23.0 Å². The Balaban J connectivity index is 1.56. The predicted molar refractivity (Wildman–Crippen MR) is 106 cm³/mol. The van der Waals surface area contributed by atoms with E-state index < -0.39 is 0 Å². The number of fused-ring (bicyclic) bond motifs is 1. The van der Waals surface area contributed by atoms with Crippen molar-refractivity contribution in [1.82, 2.24) is 0 Å². The minimum absolute atomic E-state index is 0.110. The van der Waals surface area contributed by atoms with Crippen molar-refractivity contribution in [3.8, 4) is 23.0 Å². The van der Waals surface area contributed by atoms with Crippen LogP contribution in [0.2, 0.25) is 0 Å². The van der Waals surface area contributed by atoms with Gasteiger partial charge in [0.1, 0.15) is 35.7 Å². The highest BCUT2D eigenvalue weighted by Gasteiger charge is 2.11. The zero-order chi connectivity index (χ0) is 19.3. The van der Waals surface area contributed by atoms with E-state index in [-0.39, 0.29) is 11.2 Å². The molecule has 0 saturated carbocycles. The fourth-order valence-electron chi connectivity index (χ4n) is 2.78. The maximum atomic E-state index is 12.7. The molecule has 0 radical (unpaired) electrons. The van der Waals surface area contributed by atoms with Crippen LogP contribution in [0.4, 0.5) is 0 Å². The summed E-state index contributed by atoms with van der Waals surface area (Å²) >= 11 is 0. The van der Waals surface area contributed by atoms with Crippen LogP contribution < -0.4 is 19.6 Å². The van der Waals surface area contributed by atoms with Gasteiger partial charge < -0.3 is 18.6 Å². The van der Waals surface area contributed by atoms with Gasteiger partial charge in [0.2, 0.25) is 11.2 Å². The summed E-state index contributed by atoms with van der Waals surface area (Å²) in [4.78, 5) is 12.7. The van der Waals surface area contributed by atoms with E-state index in [1.807, 2.05) is 30.3 Å². The molecule has 0 aliphatic carbocycles. The minimum atomic E-state index is -0.251. The highest BCUT2D eigenvalue weighted by atomic mass is 16.5. The largest absolute Gasteiger partial charge is 0.497 e. The lowest BCUT2D eigenvalue weighted by Gasteiger charge is -2.09. The molecule has 28 heavy (non-hydrogen) atoms. The lowest BCUT2D eigenvalue weighted by molar-refractivity contribution is 0.306. The third kappa shape index (κ3) is 3.83. The standard InChI is InChI=1S/C23H18O5/c1-25-17-8-5-9-19(12-17)28-22-15-27-21-13-18(10-11-20(21)23(22)24)26-14-16-6-3-2-4-7-16/h2-13,15H,14H2,1H3. The van der Waals surface area contributed by atoms with Gasteiger partial charge in [0.25, 0.3) is 0 Å². The molecule has 5 heteroatoms. The van der Waals surface area contributed by atoms with Gasteiger partial charge in [0, 0.05) is 12.1 Å². The first-order valence-corrected chi connectivity index (χ1v) is 8.77. The molecule has 0 saturated heterocycles. The Labute approximate surface area is 161 Å². The maximum absolute atomic E-state index is 12.7. The third-order valence-electron chi connectivity index (χ3n) is 4.23. The van der Waals surface area contributed by atoms with Gasteiger partial charge >= 0.3 is 0 Å². The Kier molecular flexibility index (Phi) is 4.97. The number of rotatable bonds is 6. The summed E-state index contributed by atoms with van der Waals surface area (Å²) < 4.78 is 22.2. The first kappa shape index (κ1) is 17.7. The highest BCUT2D eigenvalue weighted by molar-refractivity contribution is 5.79. The summed E-state index contributed by atoms with van der Waals surface area (Å²) in [5.74, 6) is 1.87. The van der Waals surface area contributed by atoms with Crippen molar-refractivity contribution in [2.45, 2.75) is 6.61 Å². The zero-order valence-electron chi connectivity index (χ0n) is 15.3. The van der Waals surface area contributed by atoms with Crippen molar-refractivity contribution in [2.24, 2.45) is 0 Å². The van der Waals surface area contributed by atoms with Gasteiger partial charge in [-0.3, -0.25) is 4.79 Å². The summed E-state index contributed by atoms with van der Waals surface area (Å²) in [6.07, 6.45) is 1.31. The summed E-state index contributed by atoms with van der Waals surface area (Å²) in [7, 11) is 1.57. The Morgan fingerprint density at radius 2 is 1.68 bits per heavy atom. The third-order valence-corrected chi connectivity index (χ3v) is 4.23. The molecule has 0 fully saturated rings. The van der Waals surface area contributed by atoms with E-state index in [0.717, 1.165) is 5.56 Å². The van der Waals surface area contributed by atoms with Crippen LogP contribution in [0.25, 0.3) is 11.0 Å². The number of ether oxygens (including phenoxy) is 3. The normalized spacial score (nSPS) is 10.6. The van der Waals surface area contributed by atoms with E-state index in [1.54, 1.807) is 49.6 Å². The molecule has 0 aliphatic heterocycles. The number of hydrogen-bond acceptors (Lipinski definition) is 5. The average Bonchev–Trinajstić information content (AvgIpc) is 2.75. The fourth-order valence-corrected chi connectivity index (χ4v) is 2.78. The molecule has 1 heterocycles. The van der Waals surface area contributed by atoms with Crippen LogP contribution in [0.15, 0.2) is 88.3 Å². The Morgan fingerprint density at radius 1 is 0.857 bits per heavy atom. The molecule has 140 valence electrons. The highest BCUT2D eigenvalue weighted by Crippen LogP contribution is 2.26. The summed E-state index contributed by atoms with van der Waals surface area (Å²) in [6.45, 7) is 0.438. The van der Waals surface area contributed by atoms with Crippen LogP contribution in [-0.2, 0) is 6.61 Å². The van der Waals surface area contributed by atoms with E-state index in [0.29, 0.717) is 34.8 Å². The lowest BCUT2D eigenvalue weighted by Crippen LogP contribution is -2.05. The molecular weight excluding hydrogens is 356 g/mol. The van der Waals surface area contributed by atoms with Crippen LogP contribution in [-0.4, -0.2) is 7.11 Å². The minimum Gasteiger partial charge on any atom is -0.497 e. The SMILES string of the molecule is COc1cccc(Oc2coc3cc(OCc4ccccc4)ccc3c2=O)c1. The second-order valence-corrected chi connectivity index (χ2v) is 6.14. The van der Waals surface area contributed by atoms with Crippen molar-refractivity contribution in [1.29, 1.82) is 0 Å². The molecule has 3 aromatic carbocycles. The maximum Gasteiger partial charge on any atom is 0.235 e. The van der Waals surface area contributed by atoms with Gasteiger partial charge in [0.15, 0.2) is 0 Å². The quantitative estimate of drug-likeness (QED) is 0.466. The van der Waals surface area contributed by atoms with Crippen molar-refractivity contribution in [2.75, 3.05) is 7.11 Å². The predicted octanol–water partition coefficient (Wildman–Crippen LogP) is 5.17. The molecule has 0 amide bonds. The topological polar surface area (TPSA) is 57.9 Å². The van der Waals surface area contributed by atoms with Crippen molar-refractivity contribution < 1.29 is 18.6 Å². The van der Waals surface area contributed by atoms with E-state index in [9.17, 15) is 4.79 Å². The molecule has 4 rings (SSSR count). The van der Waals surface area contributed by atoms with Gasteiger partial charge in [-0.05, 0) is 29.8 Å². The molecule has 0 N–H and O–H groups in total. The van der Waals surface area contributed by atoms with Gasteiger partial charge in [-0.2, -0.15) is 0 Å². The van der Waals surface area contributed by atoms with Crippen LogP contribution in [0.1, 0.15) is 5.56 Å². The van der Waals surface area contributed by atoms with Crippen LogP contribution >= 0.6 is 0 Å². The smallest absolute Gasteiger partial charge is 0.235 e. The summed E-state index contributed by atoms with van der Waals surface area (Å²) in [5.41, 5.74) is 1.25. The van der Waals surface area contributed by atoms with Gasteiger partial charge in [0.05, 0.1) is 12.5 Å². The second kappa shape index (κ2) is 7.88. The molecule has 4 aromatic rings. The first-order valence-electron chi connectivity index (χ1n) is 8.77. The van der Waals surface area contributed by atoms with E-state index in [2.05, 4.69) is 0 Å². The van der Waals surface area contributed by atoms with Crippen LogP contribution in [0.3, 0.4) is 0 Å². The molecule has 0 bridgehead atoms. The molecule has 0 unspecified atom stereocenters. The van der Waals surface area contributed by atoms with E-state index >= 15 is 0 Å². The van der Waals surface area contributed by atoms with Crippen molar-refractivity contribution in [3.05, 3.63) is 94.8 Å². The fraction of sp³-hybridized carbons (Fsp3) is 0.0870. The Morgan fingerprint density at radius 3 is 2.50 bits per heavy atom. The molecule has 0 aliphatic rings. The monoisotopic (exact) mass is 374 g/mol. The van der Waals surface area contributed by atoms with Crippen molar-refractivity contribution in [3.63, 3.8) is 0 Å². The average molecular weight is 374 g/mol. The summed E-state index contributed by atoms with van der Waals surface area (Å²) in [6, 6.07) is 22.0. The van der Waals surface area contributed by atoms with Gasteiger partial charge in [-0.25, -0.2) is 0 Å². The van der Waals surface area contributed by atoms with Gasteiger partial charge in [-0.15, -0.1) is 0 Å². The molecule has 5 nitrogen and oxygen atoms in total. The first-order chi connectivity index (χ1) is 13.7. The summed E-state index contributed by atoms with van der Waals surface area (Å²) in [5, 5.41) is 0.424. The molecule has 1 aromatic heterocycles. The number of benzene rings is 3.